The van der Waals surface area contributed by atoms with Crippen LogP contribution in [0.15, 0.2) is 29.3 Å². The lowest BCUT2D eigenvalue weighted by molar-refractivity contribution is -0.123. The van der Waals surface area contributed by atoms with Crippen LogP contribution >= 0.6 is 0 Å². The van der Waals surface area contributed by atoms with Crippen LogP contribution in [0, 0.1) is 11.8 Å². The van der Waals surface area contributed by atoms with E-state index in [0.29, 0.717) is 0 Å². The number of piperidine rings is 1. The Morgan fingerprint density at radius 1 is 1.06 bits per heavy atom. The molecule has 0 radical (unpaired) electrons. The van der Waals surface area contributed by atoms with E-state index in [2.05, 4.69) is 49.3 Å². The number of aliphatic imine (C=N–C) groups is 1. The molecule has 4 rings (SSSR count). The van der Waals surface area contributed by atoms with E-state index in [1.165, 1.54) is 50.0 Å². The van der Waals surface area contributed by atoms with Crippen LogP contribution in [0.5, 0.6) is 0 Å². The van der Waals surface area contributed by atoms with E-state index < -0.39 is 0 Å². The number of likely N-dealkylation sites (tertiary alicyclic amines) is 3. The van der Waals surface area contributed by atoms with Crippen LogP contribution in [-0.4, -0.2) is 79.4 Å². The average molecular weight is 441 g/mol. The van der Waals surface area contributed by atoms with Gasteiger partial charge in [-0.15, -0.1) is 0 Å². The number of amides is 1. The molecule has 0 saturated carbocycles. The molecule has 0 spiro atoms. The van der Waals surface area contributed by atoms with Crippen molar-refractivity contribution < 1.29 is 4.79 Å². The van der Waals surface area contributed by atoms with Gasteiger partial charge in [-0.3, -0.25) is 14.7 Å². The third-order valence-electron chi connectivity index (χ3n) is 7.27. The number of primary amides is 1. The first-order chi connectivity index (χ1) is 15.6. The minimum absolute atomic E-state index is 0.00770. The van der Waals surface area contributed by atoms with Crippen molar-refractivity contribution in [2.75, 3.05) is 52.9 Å². The van der Waals surface area contributed by atoms with E-state index in [1.807, 2.05) is 7.05 Å². The molecule has 3 fully saturated rings. The Hall–Kier alpha value is -2.12. The second-order valence-corrected chi connectivity index (χ2v) is 9.81. The Morgan fingerprint density at radius 3 is 2.62 bits per heavy atom. The van der Waals surface area contributed by atoms with Crippen molar-refractivity contribution >= 4 is 11.9 Å². The Balaban J connectivity index is 1.26. The zero-order chi connectivity index (χ0) is 22.3. The van der Waals surface area contributed by atoms with Crippen LogP contribution in [0.25, 0.3) is 0 Å². The fraction of sp³-hybridized carbons (Fsp3) is 0.680. The predicted octanol–water partition coefficient (Wildman–Crippen LogP) is 1.88. The molecule has 0 aromatic heterocycles. The molecule has 1 amide bonds. The van der Waals surface area contributed by atoms with Gasteiger partial charge < -0.3 is 20.9 Å². The normalized spacial score (nSPS) is 25.4. The molecule has 3 aliphatic rings. The summed E-state index contributed by atoms with van der Waals surface area (Å²) in [6.45, 7) is 9.45. The second-order valence-electron chi connectivity index (χ2n) is 9.81. The van der Waals surface area contributed by atoms with Gasteiger partial charge in [0.1, 0.15) is 0 Å². The lowest BCUT2D eigenvalue weighted by Gasteiger charge is -2.31. The molecule has 3 saturated heterocycles. The number of guanidine groups is 1. The molecular formula is C25H40N6O. The summed E-state index contributed by atoms with van der Waals surface area (Å²) in [5, 5.41) is 3.58. The number of carbonyl (C=O) groups excluding carboxylic acids is 1. The summed E-state index contributed by atoms with van der Waals surface area (Å²) in [4.78, 5) is 23.5. The lowest BCUT2D eigenvalue weighted by Crippen LogP contribution is -2.41. The van der Waals surface area contributed by atoms with Gasteiger partial charge in [0.2, 0.25) is 5.91 Å². The standard InChI is InChI=1S/C25H40N6O/c1-27-25(31-13-9-22(18-31)17-29-10-2-3-11-29)28-15-20-6-4-7-21(14-20)16-30-12-5-8-23(19-30)24(26)32/h4,6-7,14,22-23H,2-3,5,8-13,15-19H2,1H3,(H2,26,32)(H,27,28). The van der Waals surface area contributed by atoms with Crippen molar-refractivity contribution in [2.45, 2.75) is 45.2 Å². The first kappa shape index (κ1) is 23.1. The maximum atomic E-state index is 11.6. The molecule has 2 atom stereocenters. The van der Waals surface area contributed by atoms with Gasteiger partial charge in [0, 0.05) is 46.3 Å². The smallest absolute Gasteiger partial charge is 0.221 e. The van der Waals surface area contributed by atoms with Gasteiger partial charge in [-0.25, -0.2) is 0 Å². The lowest BCUT2D eigenvalue weighted by atomic mass is 9.97. The van der Waals surface area contributed by atoms with Crippen molar-refractivity contribution in [2.24, 2.45) is 22.6 Å². The highest BCUT2D eigenvalue weighted by atomic mass is 16.1. The summed E-state index contributed by atoms with van der Waals surface area (Å²) in [5.41, 5.74) is 8.09. The van der Waals surface area contributed by atoms with E-state index in [0.717, 1.165) is 64.0 Å². The van der Waals surface area contributed by atoms with Gasteiger partial charge >= 0.3 is 0 Å². The highest BCUT2D eigenvalue weighted by molar-refractivity contribution is 5.80. The number of hydrogen-bond donors (Lipinski definition) is 2. The SMILES string of the molecule is CN=C(NCc1cccc(CN2CCCC(C(N)=O)C2)c1)N1CCC(CN2CCCC2)C1. The maximum Gasteiger partial charge on any atom is 0.221 e. The molecule has 3 aliphatic heterocycles. The fourth-order valence-corrected chi connectivity index (χ4v) is 5.55. The van der Waals surface area contributed by atoms with E-state index in [4.69, 9.17) is 5.73 Å². The number of nitrogens with two attached hydrogens (primary N) is 1. The number of benzene rings is 1. The van der Waals surface area contributed by atoms with E-state index in [9.17, 15) is 4.79 Å². The predicted molar refractivity (Wildman–Crippen MR) is 129 cm³/mol. The van der Waals surface area contributed by atoms with E-state index >= 15 is 0 Å². The molecule has 1 aromatic carbocycles. The highest BCUT2D eigenvalue weighted by Gasteiger charge is 2.27. The topological polar surface area (TPSA) is 77.2 Å². The van der Waals surface area contributed by atoms with Crippen molar-refractivity contribution in [3.63, 3.8) is 0 Å². The Labute approximate surface area is 193 Å². The van der Waals surface area contributed by atoms with Crippen molar-refractivity contribution in [3.8, 4) is 0 Å². The van der Waals surface area contributed by atoms with E-state index in [1.54, 1.807) is 0 Å². The Morgan fingerprint density at radius 2 is 1.84 bits per heavy atom. The fourth-order valence-electron chi connectivity index (χ4n) is 5.55. The Kier molecular flexibility index (Phi) is 8.03. The van der Waals surface area contributed by atoms with Gasteiger partial charge in [0.15, 0.2) is 5.96 Å². The first-order valence-corrected chi connectivity index (χ1v) is 12.4. The third-order valence-corrected chi connectivity index (χ3v) is 7.27. The first-order valence-electron chi connectivity index (χ1n) is 12.4. The summed E-state index contributed by atoms with van der Waals surface area (Å²) >= 11 is 0. The minimum Gasteiger partial charge on any atom is -0.369 e. The molecule has 0 aliphatic carbocycles. The van der Waals surface area contributed by atoms with Gasteiger partial charge in [0.25, 0.3) is 0 Å². The molecule has 3 heterocycles. The van der Waals surface area contributed by atoms with Crippen molar-refractivity contribution in [1.29, 1.82) is 0 Å². The van der Waals surface area contributed by atoms with Crippen LogP contribution in [0.3, 0.4) is 0 Å². The second kappa shape index (κ2) is 11.1. The zero-order valence-electron chi connectivity index (χ0n) is 19.6. The van der Waals surface area contributed by atoms with Crippen LogP contribution < -0.4 is 11.1 Å². The summed E-state index contributed by atoms with van der Waals surface area (Å²) in [6.07, 6.45) is 5.95. The molecular weight excluding hydrogens is 400 g/mol. The van der Waals surface area contributed by atoms with Crippen LogP contribution in [0.2, 0.25) is 0 Å². The maximum absolute atomic E-state index is 11.6. The van der Waals surface area contributed by atoms with Gasteiger partial charge in [0.05, 0.1) is 5.92 Å². The molecule has 176 valence electrons. The van der Waals surface area contributed by atoms with Gasteiger partial charge in [-0.1, -0.05) is 24.3 Å². The van der Waals surface area contributed by atoms with E-state index in [-0.39, 0.29) is 11.8 Å². The zero-order valence-corrected chi connectivity index (χ0v) is 19.6. The Bertz CT molecular complexity index is 790. The molecule has 2 unspecified atom stereocenters. The largest absolute Gasteiger partial charge is 0.369 e. The number of nitrogens with zero attached hydrogens (tertiary/aromatic N) is 4. The highest BCUT2D eigenvalue weighted by Crippen LogP contribution is 2.21. The summed E-state index contributed by atoms with van der Waals surface area (Å²) < 4.78 is 0. The molecule has 1 aromatic rings. The number of rotatable bonds is 7. The molecule has 7 nitrogen and oxygen atoms in total. The summed E-state index contributed by atoms with van der Waals surface area (Å²) in [7, 11) is 1.89. The third kappa shape index (κ3) is 6.23. The van der Waals surface area contributed by atoms with Crippen LogP contribution in [0.1, 0.15) is 43.2 Å². The average Bonchev–Trinajstić information content (AvgIpc) is 3.48. The number of nitrogens with one attached hydrogen (secondary N) is 1. The quantitative estimate of drug-likeness (QED) is 0.500. The van der Waals surface area contributed by atoms with Gasteiger partial charge in [-0.2, -0.15) is 0 Å². The van der Waals surface area contributed by atoms with Gasteiger partial charge in [-0.05, 0) is 68.8 Å². The number of carbonyl (C=O) groups is 1. The molecule has 0 bridgehead atoms. The summed E-state index contributed by atoms with van der Waals surface area (Å²) in [5.74, 6) is 1.60. The van der Waals surface area contributed by atoms with Crippen molar-refractivity contribution in [3.05, 3.63) is 35.4 Å². The molecule has 32 heavy (non-hydrogen) atoms. The van der Waals surface area contributed by atoms with Crippen LogP contribution in [-0.2, 0) is 17.9 Å². The molecule has 7 heteroatoms. The van der Waals surface area contributed by atoms with Crippen LogP contribution in [0.4, 0.5) is 0 Å². The monoisotopic (exact) mass is 440 g/mol. The number of hydrogen-bond acceptors (Lipinski definition) is 4. The molecule has 3 N–H and O–H groups in total. The van der Waals surface area contributed by atoms with Crippen molar-refractivity contribution in [1.82, 2.24) is 20.0 Å². The summed E-state index contributed by atoms with van der Waals surface area (Å²) in [6, 6.07) is 8.75. The minimum atomic E-state index is -0.163.